The Hall–Kier alpha value is -2.37. The summed E-state index contributed by atoms with van der Waals surface area (Å²) >= 11 is 0. The minimum atomic E-state index is -0.369. The zero-order valence-electron chi connectivity index (χ0n) is 10.4. The molecule has 6 nitrogen and oxygen atoms in total. The van der Waals surface area contributed by atoms with Crippen LogP contribution in [-0.4, -0.2) is 29.7 Å². The number of methoxy groups -OCH3 is 1. The van der Waals surface area contributed by atoms with Gasteiger partial charge in [0.15, 0.2) is 11.5 Å². The third-order valence-electron chi connectivity index (χ3n) is 2.22. The summed E-state index contributed by atoms with van der Waals surface area (Å²) in [5.41, 5.74) is 0.827. The molecule has 0 saturated heterocycles. The first-order valence-corrected chi connectivity index (χ1v) is 5.18. The Morgan fingerprint density at radius 1 is 1.33 bits per heavy atom. The number of nitrogens with zero attached hydrogens (tertiary/aromatic N) is 1. The maximum Gasteiger partial charge on any atom is 0.221 e. The van der Waals surface area contributed by atoms with Crippen LogP contribution in [0, 0.1) is 0 Å². The maximum absolute atomic E-state index is 11.2. The van der Waals surface area contributed by atoms with Gasteiger partial charge in [-0.1, -0.05) is 11.2 Å². The Balaban J connectivity index is 3.20. The number of hydrogen-bond donors (Lipinski definition) is 2. The quantitative estimate of drug-likeness (QED) is 0.480. The van der Waals surface area contributed by atoms with Crippen molar-refractivity contribution in [1.82, 2.24) is 0 Å². The normalized spacial score (nSPS) is 10.9. The molecule has 0 unspecified atom stereocenters. The van der Waals surface area contributed by atoms with Gasteiger partial charge in [0.05, 0.1) is 12.8 Å². The molecule has 96 valence electrons. The highest BCUT2D eigenvalue weighted by Crippen LogP contribution is 2.26. The second kappa shape index (κ2) is 5.81. The lowest BCUT2D eigenvalue weighted by atomic mass is 10.1. The number of carbonyl (C=O) groups is 2. The van der Waals surface area contributed by atoms with Crippen LogP contribution < -0.4 is 10.1 Å². The standard InChI is InChI=1S/C12H14N2O4/c1-7(15)12(14-17)9-4-5-10(13-8(2)16)11(6-9)18-3/h4-6,17H,1-3H3,(H,13,16)/b14-12+. The average Bonchev–Trinajstić information content (AvgIpc) is 2.30. The fraction of sp³-hybridized carbons (Fsp3) is 0.250. The molecule has 0 bridgehead atoms. The lowest BCUT2D eigenvalue weighted by molar-refractivity contribution is -0.114. The van der Waals surface area contributed by atoms with Crippen LogP contribution in [0.1, 0.15) is 19.4 Å². The van der Waals surface area contributed by atoms with Crippen molar-refractivity contribution < 1.29 is 19.5 Å². The van der Waals surface area contributed by atoms with Crippen LogP contribution in [0.15, 0.2) is 23.4 Å². The van der Waals surface area contributed by atoms with Crippen LogP contribution in [0.25, 0.3) is 0 Å². The second-order valence-electron chi connectivity index (χ2n) is 3.60. The van der Waals surface area contributed by atoms with Crippen molar-refractivity contribution in [2.45, 2.75) is 13.8 Å². The molecular formula is C12H14N2O4. The third kappa shape index (κ3) is 3.07. The molecule has 18 heavy (non-hydrogen) atoms. The maximum atomic E-state index is 11.2. The van der Waals surface area contributed by atoms with Gasteiger partial charge in [-0.3, -0.25) is 9.59 Å². The largest absolute Gasteiger partial charge is 0.495 e. The van der Waals surface area contributed by atoms with E-state index in [0.29, 0.717) is 17.0 Å². The lowest BCUT2D eigenvalue weighted by Crippen LogP contribution is -2.13. The van der Waals surface area contributed by atoms with E-state index in [2.05, 4.69) is 10.5 Å². The summed E-state index contributed by atoms with van der Waals surface area (Å²) < 4.78 is 5.10. The number of rotatable bonds is 4. The Morgan fingerprint density at radius 2 is 2.00 bits per heavy atom. The highest BCUT2D eigenvalue weighted by molar-refractivity contribution is 6.45. The molecule has 0 heterocycles. The average molecular weight is 250 g/mol. The Morgan fingerprint density at radius 3 is 2.44 bits per heavy atom. The van der Waals surface area contributed by atoms with E-state index in [4.69, 9.17) is 9.94 Å². The Bertz CT molecular complexity index is 509. The molecule has 0 atom stereocenters. The first-order chi connectivity index (χ1) is 8.49. The number of anilines is 1. The number of ether oxygens (including phenoxy) is 1. The highest BCUT2D eigenvalue weighted by atomic mass is 16.5. The van der Waals surface area contributed by atoms with E-state index in [1.54, 1.807) is 12.1 Å². The van der Waals surface area contributed by atoms with Crippen molar-refractivity contribution in [3.63, 3.8) is 0 Å². The van der Waals surface area contributed by atoms with Gasteiger partial charge in [0.2, 0.25) is 5.91 Å². The Kier molecular flexibility index (Phi) is 4.42. The second-order valence-corrected chi connectivity index (χ2v) is 3.60. The molecule has 1 amide bonds. The first kappa shape index (κ1) is 13.7. The van der Waals surface area contributed by atoms with Gasteiger partial charge in [-0.2, -0.15) is 0 Å². The zero-order valence-corrected chi connectivity index (χ0v) is 10.4. The smallest absolute Gasteiger partial charge is 0.221 e. The van der Waals surface area contributed by atoms with Crippen molar-refractivity contribution in [1.29, 1.82) is 0 Å². The van der Waals surface area contributed by atoms with Crippen LogP contribution >= 0.6 is 0 Å². The lowest BCUT2D eigenvalue weighted by Gasteiger charge is -2.10. The molecule has 0 spiro atoms. The molecule has 1 rings (SSSR count). The predicted molar refractivity (Wildman–Crippen MR) is 66.3 cm³/mol. The van der Waals surface area contributed by atoms with E-state index in [1.807, 2.05) is 0 Å². The molecule has 6 heteroatoms. The van der Waals surface area contributed by atoms with Gasteiger partial charge in [-0.05, 0) is 12.1 Å². The number of ketones is 1. The topological polar surface area (TPSA) is 88.0 Å². The molecule has 0 aromatic heterocycles. The van der Waals surface area contributed by atoms with Crippen molar-refractivity contribution in [2.24, 2.45) is 5.16 Å². The predicted octanol–water partition coefficient (Wildman–Crippen LogP) is 1.42. The minimum absolute atomic E-state index is 0.0670. The Labute approximate surface area is 104 Å². The van der Waals surface area contributed by atoms with Gasteiger partial charge < -0.3 is 15.3 Å². The van der Waals surface area contributed by atoms with Gasteiger partial charge >= 0.3 is 0 Å². The number of amides is 1. The van der Waals surface area contributed by atoms with Crippen LogP contribution in [0.4, 0.5) is 5.69 Å². The first-order valence-electron chi connectivity index (χ1n) is 5.18. The molecule has 0 radical (unpaired) electrons. The molecule has 1 aromatic carbocycles. The molecule has 0 aliphatic rings. The van der Waals surface area contributed by atoms with Crippen LogP contribution in [0.2, 0.25) is 0 Å². The summed E-state index contributed by atoms with van der Waals surface area (Å²) in [5.74, 6) is -0.222. The number of hydrogen-bond acceptors (Lipinski definition) is 5. The summed E-state index contributed by atoms with van der Waals surface area (Å²) in [7, 11) is 1.44. The molecule has 0 saturated carbocycles. The van der Waals surface area contributed by atoms with Crippen molar-refractivity contribution >= 4 is 23.1 Å². The minimum Gasteiger partial charge on any atom is -0.495 e. The molecule has 0 fully saturated rings. The SMILES string of the molecule is COc1cc(/C(=N/O)C(C)=O)ccc1NC(C)=O. The third-order valence-corrected chi connectivity index (χ3v) is 2.22. The van der Waals surface area contributed by atoms with Gasteiger partial charge in [0.25, 0.3) is 0 Å². The number of Topliss-reactive ketones (excluding diaryl/α,β-unsaturated/α-hetero) is 1. The fourth-order valence-corrected chi connectivity index (χ4v) is 1.46. The molecule has 0 aliphatic carbocycles. The fourth-order valence-electron chi connectivity index (χ4n) is 1.46. The van der Waals surface area contributed by atoms with Gasteiger partial charge in [-0.25, -0.2) is 0 Å². The van der Waals surface area contributed by atoms with E-state index < -0.39 is 0 Å². The van der Waals surface area contributed by atoms with E-state index in [1.165, 1.54) is 27.0 Å². The molecule has 1 aromatic rings. The summed E-state index contributed by atoms with van der Waals surface area (Å²) in [6.45, 7) is 2.67. The monoisotopic (exact) mass is 250 g/mol. The molecule has 2 N–H and O–H groups in total. The van der Waals surface area contributed by atoms with Gasteiger partial charge in [0, 0.05) is 19.4 Å². The number of benzene rings is 1. The number of carbonyl (C=O) groups excluding carboxylic acids is 2. The summed E-state index contributed by atoms with van der Waals surface area (Å²) in [6.07, 6.45) is 0. The number of oxime groups is 1. The van der Waals surface area contributed by atoms with E-state index >= 15 is 0 Å². The van der Waals surface area contributed by atoms with Crippen molar-refractivity contribution in [2.75, 3.05) is 12.4 Å². The molecular weight excluding hydrogens is 236 g/mol. The van der Waals surface area contributed by atoms with E-state index in [0.717, 1.165) is 0 Å². The zero-order chi connectivity index (χ0) is 13.7. The van der Waals surface area contributed by atoms with Crippen LogP contribution in [0.3, 0.4) is 0 Å². The van der Waals surface area contributed by atoms with Crippen molar-refractivity contribution in [3.8, 4) is 5.75 Å². The van der Waals surface area contributed by atoms with E-state index in [-0.39, 0.29) is 17.4 Å². The van der Waals surface area contributed by atoms with Gasteiger partial charge in [-0.15, -0.1) is 0 Å². The van der Waals surface area contributed by atoms with Crippen LogP contribution in [0.5, 0.6) is 5.75 Å². The molecule has 0 aliphatic heterocycles. The number of nitrogens with one attached hydrogen (secondary N) is 1. The van der Waals surface area contributed by atoms with Crippen LogP contribution in [-0.2, 0) is 9.59 Å². The van der Waals surface area contributed by atoms with E-state index in [9.17, 15) is 9.59 Å². The summed E-state index contributed by atoms with van der Waals surface area (Å²) in [6, 6.07) is 4.65. The summed E-state index contributed by atoms with van der Waals surface area (Å²) in [4.78, 5) is 22.2. The highest BCUT2D eigenvalue weighted by Gasteiger charge is 2.13. The van der Waals surface area contributed by atoms with Crippen molar-refractivity contribution in [3.05, 3.63) is 23.8 Å². The summed E-state index contributed by atoms with van der Waals surface area (Å²) in [5, 5.41) is 14.3. The van der Waals surface area contributed by atoms with Gasteiger partial charge in [0.1, 0.15) is 5.75 Å².